The van der Waals surface area contributed by atoms with Crippen LogP contribution in [0.3, 0.4) is 0 Å². The van der Waals surface area contributed by atoms with Gasteiger partial charge in [0.15, 0.2) is 11.9 Å². The zero-order valence-electron chi connectivity index (χ0n) is 13.0. The molecule has 0 aliphatic heterocycles. The van der Waals surface area contributed by atoms with Crippen molar-refractivity contribution in [3.05, 3.63) is 58.1 Å². The van der Waals surface area contributed by atoms with Gasteiger partial charge in [0.2, 0.25) is 0 Å². The largest absolute Gasteiger partial charge is 0.497 e. The van der Waals surface area contributed by atoms with Gasteiger partial charge in [0.05, 0.1) is 12.1 Å². The summed E-state index contributed by atoms with van der Waals surface area (Å²) >= 11 is 11.9. The molecule has 0 saturated heterocycles. The second kappa shape index (κ2) is 8.23. The summed E-state index contributed by atoms with van der Waals surface area (Å²) in [6.07, 6.45) is 0.496. The molecule has 0 bridgehead atoms. The van der Waals surface area contributed by atoms with E-state index in [4.69, 9.17) is 32.7 Å². The summed E-state index contributed by atoms with van der Waals surface area (Å²) < 4.78 is 10.7. The van der Waals surface area contributed by atoms with Gasteiger partial charge in [-0.2, -0.15) is 0 Å². The highest BCUT2D eigenvalue weighted by molar-refractivity contribution is 6.35. The van der Waals surface area contributed by atoms with Crippen molar-refractivity contribution in [2.24, 2.45) is 0 Å². The molecule has 0 aliphatic rings. The van der Waals surface area contributed by atoms with Crippen LogP contribution in [0.2, 0.25) is 10.0 Å². The first kappa shape index (κ1) is 17.6. The lowest BCUT2D eigenvalue weighted by Gasteiger charge is -2.15. The van der Waals surface area contributed by atoms with Crippen molar-refractivity contribution in [3.63, 3.8) is 0 Å². The summed E-state index contributed by atoms with van der Waals surface area (Å²) in [7, 11) is 1.62. The normalized spacial score (nSPS) is 11.8. The van der Waals surface area contributed by atoms with Crippen molar-refractivity contribution >= 4 is 29.0 Å². The summed E-state index contributed by atoms with van der Waals surface area (Å²) in [6.45, 7) is 1.72. The van der Waals surface area contributed by atoms with Gasteiger partial charge in [-0.05, 0) is 49.2 Å². The Bertz CT molecular complexity index is 668. The van der Waals surface area contributed by atoms with E-state index in [9.17, 15) is 4.79 Å². The van der Waals surface area contributed by atoms with Gasteiger partial charge in [-0.3, -0.25) is 4.79 Å². The highest BCUT2D eigenvalue weighted by atomic mass is 35.5. The molecular weight excluding hydrogens is 335 g/mol. The molecule has 0 N–H and O–H groups in total. The van der Waals surface area contributed by atoms with E-state index in [-0.39, 0.29) is 5.78 Å². The van der Waals surface area contributed by atoms with Gasteiger partial charge in [0, 0.05) is 11.4 Å². The quantitative estimate of drug-likeness (QED) is 0.705. The molecule has 2 aromatic rings. The number of aryl methyl sites for hydroxylation is 1. The van der Waals surface area contributed by atoms with Crippen LogP contribution in [-0.2, 0) is 11.2 Å². The third-order valence-corrected chi connectivity index (χ3v) is 4.00. The van der Waals surface area contributed by atoms with E-state index in [1.165, 1.54) is 0 Å². The summed E-state index contributed by atoms with van der Waals surface area (Å²) in [6, 6.07) is 12.6. The molecule has 0 aliphatic carbocycles. The predicted molar refractivity (Wildman–Crippen MR) is 92.9 cm³/mol. The van der Waals surface area contributed by atoms with E-state index >= 15 is 0 Å². The van der Waals surface area contributed by atoms with Crippen molar-refractivity contribution < 1.29 is 14.3 Å². The fourth-order valence-corrected chi connectivity index (χ4v) is 2.54. The number of Topliss-reactive ketones (excluding diaryl/α,β-unsaturated/α-hetero) is 1. The fourth-order valence-electron chi connectivity index (χ4n) is 2.09. The molecule has 1 atom stereocenters. The van der Waals surface area contributed by atoms with Gasteiger partial charge in [-0.15, -0.1) is 0 Å². The van der Waals surface area contributed by atoms with E-state index in [1.807, 2.05) is 24.3 Å². The summed E-state index contributed by atoms with van der Waals surface area (Å²) in [5, 5.41) is 0.924. The zero-order valence-corrected chi connectivity index (χ0v) is 14.5. The number of ketones is 1. The predicted octanol–water partition coefficient (Wildman–Crippen LogP) is 4.97. The average molecular weight is 353 g/mol. The maximum absolute atomic E-state index is 12.2. The first-order valence-corrected chi connectivity index (χ1v) is 8.02. The Hall–Kier alpha value is -1.71. The molecule has 2 rings (SSSR count). The lowest BCUT2D eigenvalue weighted by molar-refractivity contribution is -0.125. The number of hydrogen-bond donors (Lipinski definition) is 0. The molecule has 0 aromatic heterocycles. The second-order valence-corrected chi connectivity index (χ2v) is 5.99. The Labute approximate surface area is 146 Å². The summed E-state index contributed by atoms with van der Waals surface area (Å²) in [5.41, 5.74) is 1.08. The molecular formula is C18H18Cl2O3. The molecule has 0 saturated carbocycles. The number of rotatable bonds is 7. The van der Waals surface area contributed by atoms with Crippen LogP contribution in [0.5, 0.6) is 11.5 Å². The van der Waals surface area contributed by atoms with Crippen molar-refractivity contribution in [2.45, 2.75) is 25.9 Å². The lowest BCUT2D eigenvalue weighted by Crippen LogP contribution is -2.24. The third kappa shape index (κ3) is 5.15. The van der Waals surface area contributed by atoms with Gasteiger partial charge >= 0.3 is 0 Å². The maximum atomic E-state index is 12.2. The Kier molecular flexibility index (Phi) is 6.31. The van der Waals surface area contributed by atoms with Gasteiger partial charge in [-0.1, -0.05) is 35.3 Å². The minimum atomic E-state index is -0.563. The second-order valence-electron chi connectivity index (χ2n) is 5.15. The number of halogens is 2. The third-order valence-electron chi connectivity index (χ3n) is 3.47. The van der Waals surface area contributed by atoms with Crippen LogP contribution in [0.15, 0.2) is 42.5 Å². The molecule has 0 fully saturated rings. The molecule has 0 radical (unpaired) electrons. The molecule has 0 spiro atoms. The van der Waals surface area contributed by atoms with Gasteiger partial charge in [0.1, 0.15) is 11.5 Å². The Morgan fingerprint density at radius 3 is 2.43 bits per heavy atom. The van der Waals surface area contributed by atoms with E-state index in [0.717, 1.165) is 11.3 Å². The van der Waals surface area contributed by atoms with Crippen LogP contribution in [-0.4, -0.2) is 19.0 Å². The smallest absolute Gasteiger partial charge is 0.173 e. The van der Waals surface area contributed by atoms with Crippen molar-refractivity contribution in [1.29, 1.82) is 0 Å². The van der Waals surface area contributed by atoms with Crippen molar-refractivity contribution in [2.75, 3.05) is 7.11 Å². The van der Waals surface area contributed by atoms with Crippen LogP contribution < -0.4 is 9.47 Å². The highest BCUT2D eigenvalue weighted by Gasteiger charge is 2.16. The van der Waals surface area contributed by atoms with Crippen LogP contribution in [0.25, 0.3) is 0 Å². The standard InChI is InChI=1S/C18H18Cl2O3/c1-12(23-18-10-6-14(19)11-16(18)20)17(21)9-5-13-3-7-15(22-2)8-4-13/h3-4,6-8,10-12H,5,9H2,1-2H3. The Morgan fingerprint density at radius 1 is 1.13 bits per heavy atom. The number of ether oxygens (including phenoxy) is 2. The minimum Gasteiger partial charge on any atom is -0.497 e. The molecule has 5 heteroatoms. The maximum Gasteiger partial charge on any atom is 0.173 e. The Morgan fingerprint density at radius 2 is 1.83 bits per heavy atom. The molecule has 122 valence electrons. The fraction of sp³-hybridized carbons (Fsp3) is 0.278. The molecule has 0 amide bonds. The number of hydrogen-bond acceptors (Lipinski definition) is 3. The molecule has 1 unspecified atom stereocenters. The number of benzene rings is 2. The number of carbonyl (C=O) groups excluding carboxylic acids is 1. The van der Waals surface area contributed by atoms with Gasteiger partial charge < -0.3 is 9.47 Å². The monoisotopic (exact) mass is 352 g/mol. The van der Waals surface area contributed by atoms with E-state index in [1.54, 1.807) is 32.2 Å². The molecule has 2 aromatic carbocycles. The molecule has 0 heterocycles. The van der Waals surface area contributed by atoms with E-state index in [2.05, 4.69) is 0 Å². The van der Waals surface area contributed by atoms with Crippen LogP contribution in [0, 0.1) is 0 Å². The topological polar surface area (TPSA) is 35.5 Å². The SMILES string of the molecule is COc1ccc(CCC(=O)C(C)Oc2ccc(Cl)cc2Cl)cc1. The van der Waals surface area contributed by atoms with Gasteiger partial charge in [-0.25, -0.2) is 0 Å². The first-order valence-electron chi connectivity index (χ1n) is 7.27. The van der Waals surface area contributed by atoms with Crippen molar-refractivity contribution in [3.8, 4) is 11.5 Å². The summed E-state index contributed by atoms with van der Waals surface area (Å²) in [5.74, 6) is 1.28. The average Bonchev–Trinajstić information content (AvgIpc) is 2.55. The van der Waals surface area contributed by atoms with Crippen LogP contribution in [0.1, 0.15) is 18.9 Å². The molecule has 23 heavy (non-hydrogen) atoms. The Balaban J connectivity index is 1.89. The van der Waals surface area contributed by atoms with Gasteiger partial charge in [0.25, 0.3) is 0 Å². The van der Waals surface area contributed by atoms with Crippen molar-refractivity contribution in [1.82, 2.24) is 0 Å². The summed E-state index contributed by atoms with van der Waals surface area (Å²) in [4.78, 5) is 12.2. The number of carbonyl (C=O) groups is 1. The highest BCUT2D eigenvalue weighted by Crippen LogP contribution is 2.28. The minimum absolute atomic E-state index is 0.0202. The molecule has 3 nitrogen and oxygen atoms in total. The zero-order chi connectivity index (χ0) is 16.8. The van der Waals surface area contributed by atoms with E-state index < -0.39 is 6.10 Å². The lowest BCUT2D eigenvalue weighted by atomic mass is 10.1. The number of methoxy groups -OCH3 is 1. The van der Waals surface area contributed by atoms with E-state index in [0.29, 0.717) is 28.6 Å². The van der Waals surface area contributed by atoms with Crippen LogP contribution >= 0.6 is 23.2 Å². The first-order chi connectivity index (χ1) is 11.0. The van der Waals surface area contributed by atoms with Crippen LogP contribution in [0.4, 0.5) is 0 Å².